The molecule has 0 saturated heterocycles. The first-order valence-electron chi connectivity index (χ1n) is 4.87. The molecule has 0 amide bonds. The van der Waals surface area contributed by atoms with Crippen molar-refractivity contribution in [3.05, 3.63) is 67.8 Å². The summed E-state index contributed by atoms with van der Waals surface area (Å²) < 4.78 is 15.0. The predicted molar refractivity (Wildman–Crippen MR) is 68.9 cm³/mol. The zero-order valence-corrected chi connectivity index (χ0v) is 11.0. The molecule has 1 aromatic carbocycles. The number of hydrogen-bond donors (Lipinski definition) is 0. The summed E-state index contributed by atoms with van der Waals surface area (Å²) in [4.78, 5) is 11.7. The Morgan fingerprint density at radius 3 is 2.82 bits per heavy atom. The van der Waals surface area contributed by atoms with E-state index in [1.54, 1.807) is 24.4 Å². The molecule has 0 unspecified atom stereocenters. The van der Waals surface area contributed by atoms with Crippen LogP contribution in [0.2, 0.25) is 5.02 Å². The van der Waals surface area contributed by atoms with Crippen molar-refractivity contribution in [2.45, 2.75) is 6.54 Å². The van der Waals surface area contributed by atoms with E-state index in [4.69, 9.17) is 11.6 Å². The van der Waals surface area contributed by atoms with Gasteiger partial charge in [0.25, 0.3) is 5.56 Å². The van der Waals surface area contributed by atoms with Crippen molar-refractivity contribution in [1.82, 2.24) is 4.57 Å². The summed E-state index contributed by atoms with van der Waals surface area (Å²) in [5.41, 5.74) is 0.643. The summed E-state index contributed by atoms with van der Waals surface area (Å²) in [5, 5.41) is 0.0607. The van der Waals surface area contributed by atoms with Crippen LogP contribution in [0, 0.1) is 5.82 Å². The third kappa shape index (κ3) is 2.76. The summed E-state index contributed by atoms with van der Waals surface area (Å²) >= 11 is 8.85. The van der Waals surface area contributed by atoms with E-state index in [1.165, 1.54) is 16.7 Å². The Labute approximate surface area is 111 Å². The molecule has 0 aliphatic rings. The summed E-state index contributed by atoms with van der Waals surface area (Å²) in [6, 6.07) is 7.85. The van der Waals surface area contributed by atoms with Gasteiger partial charge in [0.05, 0.1) is 16.0 Å². The van der Waals surface area contributed by atoms with Crippen LogP contribution < -0.4 is 5.56 Å². The second kappa shape index (κ2) is 5.02. The lowest BCUT2D eigenvalue weighted by Crippen LogP contribution is -2.20. The van der Waals surface area contributed by atoms with E-state index in [9.17, 15) is 9.18 Å². The second-order valence-corrected chi connectivity index (χ2v) is 4.80. The predicted octanol–water partition coefficient (Wildman–Crippen LogP) is 3.45. The average molecular weight is 317 g/mol. The number of benzene rings is 1. The van der Waals surface area contributed by atoms with Gasteiger partial charge in [-0.2, -0.15) is 0 Å². The molecule has 0 saturated carbocycles. The molecule has 88 valence electrons. The van der Waals surface area contributed by atoms with Gasteiger partial charge in [-0.1, -0.05) is 17.7 Å². The Kier molecular flexibility index (Phi) is 3.64. The molecule has 0 N–H and O–H groups in total. The molecule has 0 aliphatic heterocycles. The van der Waals surface area contributed by atoms with Crippen molar-refractivity contribution in [1.29, 1.82) is 0 Å². The first kappa shape index (κ1) is 12.3. The van der Waals surface area contributed by atoms with Gasteiger partial charge in [0.15, 0.2) is 0 Å². The van der Waals surface area contributed by atoms with E-state index in [0.29, 0.717) is 11.0 Å². The molecule has 5 heteroatoms. The minimum Gasteiger partial charge on any atom is -0.310 e. The van der Waals surface area contributed by atoms with Gasteiger partial charge in [-0.3, -0.25) is 4.79 Å². The lowest BCUT2D eigenvalue weighted by molar-refractivity contribution is 0.626. The first-order chi connectivity index (χ1) is 8.08. The number of halogens is 3. The maximum Gasteiger partial charge on any atom is 0.265 e. The third-order valence-corrected chi connectivity index (χ3v) is 3.20. The lowest BCUT2D eigenvalue weighted by atomic mass is 10.2. The molecule has 0 radical (unpaired) electrons. The zero-order chi connectivity index (χ0) is 12.4. The molecule has 0 aliphatic carbocycles. The Morgan fingerprint density at radius 2 is 2.12 bits per heavy atom. The highest BCUT2D eigenvalue weighted by Gasteiger charge is 2.04. The highest BCUT2D eigenvalue weighted by molar-refractivity contribution is 9.10. The molecule has 0 bridgehead atoms. The molecule has 2 rings (SSSR count). The van der Waals surface area contributed by atoms with E-state index < -0.39 is 5.82 Å². The quantitative estimate of drug-likeness (QED) is 0.832. The van der Waals surface area contributed by atoms with E-state index in [-0.39, 0.29) is 10.6 Å². The van der Waals surface area contributed by atoms with Crippen LogP contribution >= 0.6 is 27.5 Å². The van der Waals surface area contributed by atoms with Crippen LogP contribution in [0.4, 0.5) is 4.39 Å². The highest BCUT2D eigenvalue weighted by atomic mass is 79.9. The minimum absolute atomic E-state index is 0.0607. The molecule has 2 nitrogen and oxygen atoms in total. The van der Waals surface area contributed by atoms with Gasteiger partial charge in [-0.15, -0.1) is 0 Å². The molecule has 1 heterocycles. The topological polar surface area (TPSA) is 22.0 Å². The van der Waals surface area contributed by atoms with Gasteiger partial charge in [0.1, 0.15) is 5.82 Å². The molecule has 0 fully saturated rings. The molecule has 0 atom stereocenters. The van der Waals surface area contributed by atoms with E-state index >= 15 is 0 Å². The monoisotopic (exact) mass is 315 g/mol. The number of aromatic nitrogens is 1. The standard InChI is InChI=1S/C12H8BrClFNO/c13-9-2-1-5-16(12(9)17)7-8-3-4-11(15)10(14)6-8/h1-6H,7H2. The Balaban J connectivity index is 2.35. The van der Waals surface area contributed by atoms with E-state index in [1.807, 2.05) is 0 Å². The Hall–Kier alpha value is -1.13. The van der Waals surface area contributed by atoms with E-state index in [0.717, 1.165) is 5.56 Å². The minimum atomic E-state index is -0.461. The number of nitrogens with zero attached hydrogens (tertiary/aromatic N) is 1. The van der Waals surface area contributed by atoms with Gasteiger partial charge >= 0.3 is 0 Å². The summed E-state index contributed by atoms with van der Waals surface area (Å²) in [6.07, 6.45) is 1.67. The Morgan fingerprint density at radius 1 is 1.35 bits per heavy atom. The van der Waals surface area contributed by atoms with Crippen molar-refractivity contribution < 1.29 is 4.39 Å². The molecule has 2 aromatic rings. The molecule has 1 aromatic heterocycles. The maximum absolute atomic E-state index is 13.0. The molecule has 17 heavy (non-hydrogen) atoms. The van der Waals surface area contributed by atoms with Gasteiger partial charge in [-0.05, 0) is 45.8 Å². The number of rotatable bonds is 2. The molecule has 0 spiro atoms. The fourth-order valence-corrected chi connectivity index (χ4v) is 2.05. The van der Waals surface area contributed by atoms with Crippen LogP contribution in [-0.2, 0) is 6.54 Å². The largest absolute Gasteiger partial charge is 0.310 e. The van der Waals surface area contributed by atoms with Crippen molar-refractivity contribution in [3.63, 3.8) is 0 Å². The summed E-state index contributed by atoms with van der Waals surface area (Å²) in [7, 11) is 0. The lowest BCUT2D eigenvalue weighted by Gasteiger charge is -2.06. The summed E-state index contributed by atoms with van der Waals surface area (Å²) in [6.45, 7) is 0.359. The van der Waals surface area contributed by atoms with Crippen molar-refractivity contribution in [3.8, 4) is 0 Å². The van der Waals surface area contributed by atoms with Gasteiger partial charge in [-0.25, -0.2) is 4.39 Å². The van der Waals surface area contributed by atoms with Gasteiger partial charge < -0.3 is 4.57 Å². The van der Waals surface area contributed by atoms with Crippen LogP contribution in [-0.4, -0.2) is 4.57 Å². The third-order valence-electron chi connectivity index (χ3n) is 2.31. The van der Waals surface area contributed by atoms with Crippen LogP contribution in [0.15, 0.2) is 45.8 Å². The second-order valence-electron chi connectivity index (χ2n) is 3.54. The van der Waals surface area contributed by atoms with Crippen LogP contribution in [0.5, 0.6) is 0 Å². The average Bonchev–Trinajstić information content (AvgIpc) is 2.30. The number of hydrogen-bond acceptors (Lipinski definition) is 1. The van der Waals surface area contributed by atoms with Crippen molar-refractivity contribution >= 4 is 27.5 Å². The normalized spacial score (nSPS) is 10.5. The first-order valence-corrected chi connectivity index (χ1v) is 6.04. The van der Waals surface area contributed by atoms with Crippen LogP contribution in [0.3, 0.4) is 0 Å². The van der Waals surface area contributed by atoms with Crippen LogP contribution in [0.1, 0.15) is 5.56 Å². The number of pyridine rings is 1. The van der Waals surface area contributed by atoms with Crippen molar-refractivity contribution in [2.75, 3.05) is 0 Å². The van der Waals surface area contributed by atoms with Gasteiger partial charge in [0.2, 0.25) is 0 Å². The highest BCUT2D eigenvalue weighted by Crippen LogP contribution is 2.16. The van der Waals surface area contributed by atoms with Gasteiger partial charge in [0, 0.05) is 6.20 Å². The molecular weight excluding hydrogens is 308 g/mol. The fraction of sp³-hybridized carbons (Fsp3) is 0.0833. The maximum atomic E-state index is 13.0. The van der Waals surface area contributed by atoms with Crippen molar-refractivity contribution in [2.24, 2.45) is 0 Å². The Bertz CT molecular complexity index is 612. The molecular formula is C12H8BrClFNO. The van der Waals surface area contributed by atoms with Crippen LogP contribution in [0.25, 0.3) is 0 Å². The summed E-state index contributed by atoms with van der Waals surface area (Å²) in [5.74, 6) is -0.461. The zero-order valence-electron chi connectivity index (χ0n) is 8.66. The fourth-order valence-electron chi connectivity index (χ4n) is 1.47. The smallest absolute Gasteiger partial charge is 0.265 e. The van der Waals surface area contributed by atoms with E-state index in [2.05, 4.69) is 15.9 Å². The SMILES string of the molecule is O=c1c(Br)cccn1Cc1ccc(F)c(Cl)c1.